The van der Waals surface area contributed by atoms with Crippen molar-refractivity contribution in [1.29, 1.82) is 0 Å². The largest absolute Gasteiger partial charge is 0.390 e. The lowest BCUT2D eigenvalue weighted by molar-refractivity contribution is -0.138. The van der Waals surface area contributed by atoms with Gasteiger partial charge in [0.15, 0.2) is 0 Å². The molecule has 5 heteroatoms. The van der Waals surface area contributed by atoms with Crippen molar-refractivity contribution in [2.24, 2.45) is 0 Å². The van der Waals surface area contributed by atoms with Crippen LogP contribution in [0.4, 0.5) is 13.2 Å². The van der Waals surface area contributed by atoms with E-state index in [-0.39, 0.29) is 6.54 Å². The Morgan fingerprint density at radius 2 is 1.71 bits per heavy atom. The lowest BCUT2D eigenvalue weighted by Gasteiger charge is -2.32. The van der Waals surface area contributed by atoms with Crippen molar-refractivity contribution >= 4 is 0 Å². The van der Waals surface area contributed by atoms with Crippen LogP contribution in [-0.4, -0.2) is 42.8 Å². The Bertz CT molecular complexity index is 193. The Morgan fingerprint density at radius 1 is 1.14 bits per heavy atom. The number of alkyl halides is 3. The van der Waals surface area contributed by atoms with E-state index >= 15 is 0 Å². The lowest BCUT2D eigenvalue weighted by Crippen LogP contribution is -2.51. The van der Waals surface area contributed by atoms with Gasteiger partial charge in [-0.05, 0) is 12.8 Å². The number of rotatable bonds is 2. The first-order valence-electron chi connectivity index (χ1n) is 5.08. The summed E-state index contributed by atoms with van der Waals surface area (Å²) in [6.07, 6.45) is -2.45. The third kappa shape index (κ3) is 2.60. The zero-order valence-corrected chi connectivity index (χ0v) is 7.98. The lowest BCUT2D eigenvalue weighted by atomic mass is 10.2. The molecule has 0 saturated carbocycles. The number of piperazine rings is 1. The van der Waals surface area contributed by atoms with Crippen LogP contribution in [0.5, 0.6) is 0 Å². The second kappa shape index (κ2) is 3.70. The van der Waals surface area contributed by atoms with Gasteiger partial charge >= 0.3 is 6.18 Å². The molecule has 2 nitrogen and oxygen atoms in total. The molecule has 0 amide bonds. The average molecular weight is 208 g/mol. The fourth-order valence-corrected chi connectivity index (χ4v) is 2.36. The minimum atomic E-state index is -4.01. The summed E-state index contributed by atoms with van der Waals surface area (Å²) in [7, 11) is 0. The molecule has 0 aromatic heterocycles. The first kappa shape index (κ1) is 10.2. The summed E-state index contributed by atoms with van der Waals surface area (Å²) in [5.41, 5.74) is 0. The summed E-state index contributed by atoms with van der Waals surface area (Å²) in [6.45, 7) is 1.73. The summed E-state index contributed by atoms with van der Waals surface area (Å²) < 4.78 is 35.9. The Kier molecular flexibility index (Phi) is 2.70. The Labute approximate surface area is 81.5 Å². The van der Waals surface area contributed by atoms with Crippen LogP contribution in [0.15, 0.2) is 0 Å². The molecular formula is C9H15F3N2. The van der Waals surface area contributed by atoms with Crippen molar-refractivity contribution in [3.8, 4) is 0 Å². The molecule has 2 rings (SSSR count). The molecule has 2 bridgehead atoms. The fourth-order valence-electron chi connectivity index (χ4n) is 2.36. The van der Waals surface area contributed by atoms with Gasteiger partial charge < -0.3 is 5.32 Å². The van der Waals surface area contributed by atoms with Crippen molar-refractivity contribution in [3.63, 3.8) is 0 Å². The van der Waals surface area contributed by atoms with Crippen LogP contribution in [0.25, 0.3) is 0 Å². The quantitative estimate of drug-likeness (QED) is 0.737. The molecule has 0 aromatic carbocycles. The van der Waals surface area contributed by atoms with Crippen molar-refractivity contribution in [2.45, 2.75) is 37.5 Å². The number of fused-ring (bicyclic) bond motifs is 2. The Morgan fingerprint density at radius 3 is 2.21 bits per heavy atom. The van der Waals surface area contributed by atoms with E-state index in [1.807, 2.05) is 4.90 Å². The van der Waals surface area contributed by atoms with Gasteiger partial charge in [0.2, 0.25) is 0 Å². The van der Waals surface area contributed by atoms with Crippen LogP contribution in [-0.2, 0) is 0 Å². The van der Waals surface area contributed by atoms with Crippen LogP contribution in [0.1, 0.15) is 19.3 Å². The predicted octanol–water partition coefficient (Wildman–Crippen LogP) is 1.37. The number of hydrogen-bond donors (Lipinski definition) is 1. The highest BCUT2D eigenvalue weighted by Crippen LogP contribution is 2.23. The van der Waals surface area contributed by atoms with Crippen molar-refractivity contribution in [1.82, 2.24) is 10.2 Å². The van der Waals surface area contributed by atoms with Crippen LogP contribution in [0, 0.1) is 0 Å². The van der Waals surface area contributed by atoms with E-state index in [1.54, 1.807) is 0 Å². The van der Waals surface area contributed by atoms with E-state index in [0.717, 1.165) is 25.9 Å². The van der Waals surface area contributed by atoms with Crippen LogP contribution >= 0.6 is 0 Å². The molecule has 2 unspecified atom stereocenters. The van der Waals surface area contributed by atoms with E-state index in [0.29, 0.717) is 12.1 Å². The number of halogens is 3. The predicted molar refractivity (Wildman–Crippen MR) is 47.1 cm³/mol. The highest BCUT2D eigenvalue weighted by Gasteiger charge is 2.34. The molecule has 2 aliphatic heterocycles. The zero-order valence-electron chi connectivity index (χ0n) is 7.98. The molecule has 2 fully saturated rings. The average Bonchev–Trinajstić information content (AvgIpc) is 2.41. The maximum absolute atomic E-state index is 12.0. The van der Waals surface area contributed by atoms with E-state index < -0.39 is 12.6 Å². The van der Waals surface area contributed by atoms with Gasteiger partial charge in [-0.15, -0.1) is 0 Å². The van der Waals surface area contributed by atoms with Gasteiger partial charge in [-0.3, -0.25) is 4.90 Å². The summed E-state index contributed by atoms with van der Waals surface area (Å²) in [6, 6.07) is 0.865. The number of hydrogen-bond acceptors (Lipinski definition) is 2. The minimum absolute atomic E-state index is 0.165. The molecule has 0 aromatic rings. The second-order valence-corrected chi connectivity index (χ2v) is 4.26. The van der Waals surface area contributed by atoms with Crippen molar-refractivity contribution in [2.75, 3.05) is 19.6 Å². The Hall–Kier alpha value is -0.290. The van der Waals surface area contributed by atoms with Gasteiger partial charge in [-0.25, -0.2) is 0 Å². The highest BCUT2D eigenvalue weighted by molar-refractivity contribution is 4.92. The van der Waals surface area contributed by atoms with E-state index in [1.165, 1.54) is 0 Å². The maximum Gasteiger partial charge on any atom is 0.390 e. The van der Waals surface area contributed by atoms with E-state index in [4.69, 9.17) is 0 Å². The fraction of sp³-hybridized carbons (Fsp3) is 1.00. The van der Waals surface area contributed by atoms with Crippen LogP contribution < -0.4 is 5.32 Å². The van der Waals surface area contributed by atoms with E-state index in [9.17, 15) is 13.2 Å². The molecule has 82 valence electrons. The van der Waals surface area contributed by atoms with Crippen molar-refractivity contribution in [3.05, 3.63) is 0 Å². The molecule has 14 heavy (non-hydrogen) atoms. The molecule has 1 N–H and O–H groups in total. The topological polar surface area (TPSA) is 15.3 Å². The third-order valence-electron chi connectivity index (χ3n) is 3.00. The van der Waals surface area contributed by atoms with Gasteiger partial charge in [0, 0.05) is 31.7 Å². The summed E-state index contributed by atoms with van der Waals surface area (Å²) >= 11 is 0. The first-order valence-corrected chi connectivity index (χ1v) is 5.08. The molecule has 2 atom stereocenters. The van der Waals surface area contributed by atoms with Gasteiger partial charge in [-0.1, -0.05) is 0 Å². The van der Waals surface area contributed by atoms with Gasteiger partial charge in [0.1, 0.15) is 0 Å². The first-order chi connectivity index (χ1) is 6.53. The van der Waals surface area contributed by atoms with Crippen LogP contribution in [0.3, 0.4) is 0 Å². The molecule has 0 aliphatic carbocycles. The standard InChI is InChI=1S/C9H15F3N2/c10-9(11,12)3-4-14-5-7-1-2-8(6-14)13-7/h7-8,13H,1-6H2. The monoisotopic (exact) mass is 208 g/mol. The summed E-state index contributed by atoms with van der Waals surface area (Å²) in [4.78, 5) is 1.94. The third-order valence-corrected chi connectivity index (χ3v) is 3.00. The van der Waals surface area contributed by atoms with Gasteiger partial charge in [0.05, 0.1) is 6.42 Å². The van der Waals surface area contributed by atoms with Crippen molar-refractivity contribution < 1.29 is 13.2 Å². The smallest absolute Gasteiger partial charge is 0.309 e. The minimum Gasteiger partial charge on any atom is -0.309 e. The number of likely N-dealkylation sites (tertiary alicyclic amines) is 1. The Balaban J connectivity index is 1.77. The molecule has 0 spiro atoms. The van der Waals surface area contributed by atoms with Crippen LogP contribution in [0.2, 0.25) is 0 Å². The second-order valence-electron chi connectivity index (χ2n) is 4.26. The molecule has 2 saturated heterocycles. The summed E-state index contributed by atoms with van der Waals surface area (Å²) in [5, 5.41) is 3.39. The molecule has 2 aliphatic rings. The molecule has 0 radical (unpaired) electrons. The normalized spacial score (nSPS) is 33.6. The van der Waals surface area contributed by atoms with Gasteiger partial charge in [0.25, 0.3) is 0 Å². The van der Waals surface area contributed by atoms with Gasteiger partial charge in [-0.2, -0.15) is 13.2 Å². The maximum atomic E-state index is 12.0. The SMILES string of the molecule is FC(F)(F)CCN1CC2CCC(C1)N2. The van der Waals surface area contributed by atoms with E-state index in [2.05, 4.69) is 5.32 Å². The zero-order chi connectivity index (χ0) is 10.2. The highest BCUT2D eigenvalue weighted by atomic mass is 19.4. The molecule has 2 heterocycles. The molecular weight excluding hydrogens is 193 g/mol. The summed E-state index contributed by atoms with van der Waals surface area (Å²) in [5.74, 6) is 0. The number of nitrogens with zero attached hydrogens (tertiary/aromatic N) is 1. The number of nitrogens with one attached hydrogen (secondary N) is 1.